The maximum absolute atomic E-state index is 13.0. The number of pyridine rings is 2. The lowest BCUT2D eigenvalue weighted by Gasteiger charge is -2.13. The van der Waals surface area contributed by atoms with Crippen LogP contribution in [0.15, 0.2) is 64.7 Å². The molecule has 0 aliphatic rings. The third-order valence-electron chi connectivity index (χ3n) is 4.37. The van der Waals surface area contributed by atoms with Gasteiger partial charge in [-0.25, -0.2) is 4.98 Å². The molecule has 3 aromatic heterocycles. The topological polar surface area (TPSA) is 64.0 Å². The second-order valence-electron chi connectivity index (χ2n) is 6.17. The molecule has 0 atom stereocenters. The summed E-state index contributed by atoms with van der Waals surface area (Å²) in [7, 11) is 0. The molecule has 0 saturated carbocycles. The van der Waals surface area contributed by atoms with Crippen molar-refractivity contribution in [3.8, 4) is 5.69 Å². The lowest BCUT2D eigenvalue weighted by atomic mass is 10.1. The Morgan fingerprint density at radius 1 is 1.14 bits per heavy atom. The number of hydrogen-bond acceptors (Lipinski definition) is 4. The van der Waals surface area contributed by atoms with Crippen LogP contribution >= 0.6 is 11.3 Å². The second kappa shape index (κ2) is 6.85. The molecule has 1 N–H and O–H groups in total. The molecule has 0 aliphatic heterocycles. The molecule has 4 rings (SSSR count). The number of nitrogens with one attached hydrogen (secondary N) is 1. The summed E-state index contributed by atoms with van der Waals surface area (Å²) in [5.41, 5.74) is -0.247. The maximum atomic E-state index is 13.0. The van der Waals surface area contributed by atoms with Crippen LogP contribution in [0.25, 0.3) is 27.5 Å². The first-order valence-corrected chi connectivity index (χ1v) is 9.25. The first-order valence-electron chi connectivity index (χ1n) is 8.31. The summed E-state index contributed by atoms with van der Waals surface area (Å²) >= 11 is 1.32. The number of halogens is 3. The Morgan fingerprint density at radius 3 is 2.48 bits per heavy atom. The van der Waals surface area contributed by atoms with Gasteiger partial charge in [-0.15, -0.1) is 0 Å². The highest BCUT2D eigenvalue weighted by molar-refractivity contribution is 7.09. The Kier molecular flexibility index (Phi) is 4.46. The smallest absolute Gasteiger partial charge is 0.321 e. The van der Waals surface area contributed by atoms with Gasteiger partial charge in [-0.05, 0) is 41.8 Å². The SMILES string of the molecule is C=CC(=O)Nc1cnc2c(c1)c1cscc1c(=O)n2-c1ccc(C(F)(F)F)cc1. The van der Waals surface area contributed by atoms with Crippen molar-refractivity contribution in [2.24, 2.45) is 0 Å². The molecule has 0 bridgehead atoms. The molecule has 0 saturated heterocycles. The Balaban J connectivity index is 1.97. The minimum Gasteiger partial charge on any atom is -0.321 e. The van der Waals surface area contributed by atoms with E-state index in [1.54, 1.807) is 16.8 Å². The van der Waals surface area contributed by atoms with Crippen molar-refractivity contribution in [2.45, 2.75) is 6.18 Å². The Morgan fingerprint density at radius 2 is 1.83 bits per heavy atom. The van der Waals surface area contributed by atoms with Crippen molar-refractivity contribution in [3.63, 3.8) is 0 Å². The van der Waals surface area contributed by atoms with E-state index in [9.17, 15) is 22.8 Å². The maximum Gasteiger partial charge on any atom is 0.416 e. The van der Waals surface area contributed by atoms with Crippen molar-refractivity contribution >= 4 is 44.7 Å². The van der Waals surface area contributed by atoms with Crippen LogP contribution in [0.1, 0.15) is 5.56 Å². The summed E-state index contributed by atoms with van der Waals surface area (Å²) in [6.07, 6.45) is -1.98. The third-order valence-corrected chi connectivity index (χ3v) is 5.11. The lowest BCUT2D eigenvalue weighted by Crippen LogP contribution is -2.20. The van der Waals surface area contributed by atoms with Crippen molar-refractivity contribution in [1.29, 1.82) is 0 Å². The standard InChI is InChI=1S/C20H12F3N3O2S/c1-2-17(27)25-12-7-14-15-9-29-10-16(15)19(28)26(18(14)24-8-12)13-5-3-11(4-6-13)20(21,22)23/h2-10H,1H2,(H,25,27). The van der Waals surface area contributed by atoms with Gasteiger partial charge in [0.15, 0.2) is 0 Å². The fourth-order valence-electron chi connectivity index (χ4n) is 3.02. The summed E-state index contributed by atoms with van der Waals surface area (Å²) in [5.74, 6) is -0.413. The number of benzene rings is 1. The van der Waals surface area contributed by atoms with Crippen molar-refractivity contribution < 1.29 is 18.0 Å². The molecular weight excluding hydrogens is 403 g/mol. The van der Waals surface area contributed by atoms with Crippen molar-refractivity contribution in [2.75, 3.05) is 5.32 Å². The zero-order valence-electron chi connectivity index (χ0n) is 14.7. The predicted octanol–water partition coefficient (Wildman–Crippen LogP) is 4.74. The van der Waals surface area contributed by atoms with Gasteiger partial charge in [-0.1, -0.05) is 6.58 Å². The second-order valence-corrected chi connectivity index (χ2v) is 6.92. The molecule has 0 aliphatic carbocycles. The highest BCUT2D eigenvalue weighted by Gasteiger charge is 2.30. The molecule has 5 nitrogen and oxygen atoms in total. The van der Waals surface area contributed by atoms with Gasteiger partial charge in [0.25, 0.3) is 5.56 Å². The summed E-state index contributed by atoms with van der Waals surface area (Å²) in [6, 6.07) is 5.97. The zero-order chi connectivity index (χ0) is 20.8. The number of amides is 1. The van der Waals surface area contributed by atoms with Crippen LogP contribution in [-0.4, -0.2) is 15.5 Å². The number of thiophene rings is 1. The van der Waals surface area contributed by atoms with E-state index in [4.69, 9.17) is 0 Å². The van der Waals surface area contributed by atoms with E-state index in [-0.39, 0.29) is 16.9 Å². The van der Waals surface area contributed by atoms with Crippen molar-refractivity contribution in [1.82, 2.24) is 9.55 Å². The fourth-order valence-corrected chi connectivity index (χ4v) is 3.84. The van der Waals surface area contributed by atoms with Gasteiger partial charge in [-0.2, -0.15) is 24.5 Å². The largest absolute Gasteiger partial charge is 0.416 e. The van der Waals surface area contributed by atoms with E-state index >= 15 is 0 Å². The van der Waals surface area contributed by atoms with Gasteiger partial charge in [0, 0.05) is 16.2 Å². The minimum atomic E-state index is -4.47. The molecule has 29 heavy (non-hydrogen) atoms. The molecule has 1 aromatic carbocycles. The van der Waals surface area contributed by atoms with Crippen LogP contribution in [0.5, 0.6) is 0 Å². The highest BCUT2D eigenvalue weighted by Crippen LogP contribution is 2.31. The van der Waals surface area contributed by atoms with Crippen LogP contribution in [-0.2, 0) is 11.0 Å². The molecule has 0 fully saturated rings. The average Bonchev–Trinajstić information content (AvgIpc) is 3.19. The quantitative estimate of drug-likeness (QED) is 0.492. The Bertz CT molecular complexity index is 1320. The van der Waals surface area contributed by atoms with Gasteiger partial charge in [-0.3, -0.25) is 14.2 Å². The highest BCUT2D eigenvalue weighted by atomic mass is 32.1. The van der Waals surface area contributed by atoms with E-state index in [0.717, 1.165) is 18.2 Å². The number of aromatic nitrogens is 2. The molecule has 1 amide bonds. The number of hydrogen-bond donors (Lipinski definition) is 1. The summed E-state index contributed by atoms with van der Waals surface area (Å²) in [5, 5.41) is 7.72. The number of carbonyl (C=O) groups excluding carboxylic acids is 1. The Hall–Kier alpha value is -3.46. The predicted molar refractivity (Wildman–Crippen MR) is 107 cm³/mol. The van der Waals surface area contributed by atoms with E-state index in [1.165, 1.54) is 34.2 Å². The lowest BCUT2D eigenvalue weighted by molar-refractivity contribution is -0.137. The average molecular weight is 415 g/mol. The van der Waals surface area contributed by atoms with Gasteiger partial charge in [0.05, 0.1) is 28.5 Å². The monoisotopic (exact) mass is 415 g/mol. The minimum absolute atomic E-state index is 0.261. The molecule has 146 valence electrons. The van der Waals surface area contributed by atoms with Gasteiger partial charge in [0.1, 0.15) is 5.65 Å². The molecular formula is C20H12F3N3O2S. The Labute approximate surface area is 165 Å². The summed E-state index contributed by atoms with van der Waals surface area (Å²) in [4.78, 5) is 28.9. The molecule has 0 unspecified atom stereocenters. The van der Waals surface area contributed by atoms with E-state index in [1.807, 2.05) is 0 Å². The first kappa shape index (κ1) is 18.9. The van der Waals surface area contributed by atoms with Crippen LogP contribution in [0.4, 0.5) is 18.9 Å². The first-order chi connectivity index (χ1) is 13.8. The van der Waals surface area contributed by atoms with E-state index in [0.29, 0.717) is 21.8 Å². The van der Waals surface area contributed by atoms with Crippen molar-refractivity contribution in [3.05, 3.63) is 75.9 Å². The number of anilines is 1. The number of fused-ring (bicyclic) bond motifs is 3. The van der Waals surface area contributed by atoms with Gasteiger partial charge >= 0.3 is 6.18 Å². The van der Waals surface area contributed by atoms with Gasteiger partial charge < -0.3 is 5.32 Å². The summed E-state index contributed by atoms with van der Waals surface area (Å²) in [6.45, 7) is 3.39. The molecule has 4 aromatic rings. The number of carbonyl (C=O) groups is 1. The third kappa shape index (κ3) is 3.29. The summed E-state index contributed by atoms with van der Waals surface area (Å²) < 4.78 is 39.9. The molecule has 9 heteroatoms. The van der Waals surface area contributed by atoms with E-state index < -0.39 is 17.6 Å². The van der Waals surface area contributed by atoms with Gasteiger partial charge in [0.2, 0.25) is 5.91 Å². The molecule has 0 spiro atoms. The normalized spacial score (nSPS) is 11.7. The van der Waals surface area contributed by atoms with Crippen LogP contribution in [0.3, 0.4) is 0 Å². The molecule has 0 radical (unpaired) electrons. The van der Waals surface area contributed by atoms with Crippen LogP contribution in [0.2, 0.25) is 0 Å². The van der Waals surface area contributed by atoms with E-state index in [2.05, 4.69) is 16.9 Å². The fraction of sp³-hybridized carbons (Fsp3) is 0.0500. The zero-order valence-corrected chi connectivity index (χ0v) is 15.5. The molecule has 3 heterocycles. The van der Waals surface area contributed by atoms with Crippen LogP contribution < -0.4 is 10.9 Å². The van der Waals surface area contributed by atoms with Crippen LogP contribution in [0, 0.1) is 0 Å². The number of alkyl halides is 3. The number of rotatable bonds is 3. The number of nitrogens with zero attached hydrogens (tertiary/aromatic N) is 2.